The molecule has 1 unspecified atom stereocenters. The molecule has 0 saturated heterocycles. The predicted octanol–water partition coefficient (Wildman–Crippen LogP) is 4.23. The lowest BCUT2D eigenvalue weighted by Crippen LogP contribution is -2.18. The first-order valence-electron chi connectivity index (χ1n) is 5.97. The van der Waals surface area contributed by atoms with Crippen LogP contribution in [0.25, 0.3) is 5.57 Å². The summed E-state index contributed by atoms with van der Waals surface area (Å²) in [6.07, 6.45) is 4.79. The van der Waals surface area contributed by atoms with Crippen LogP contribution < -0.4 is 0 Å². The molecule has 0 spiro atoms. The third-order valence-corrected chi connectivity index (χ3v) is 3.25. The van der Waals surface area contributed by atoms with Gasteiger partial charge in [-0.3, -0.25) is 0 Å². The van der Waals surface area contributed by atoms with Crippen molar-refractivity contribution in [1.82, 2.24) is 0 Å². The van der Waals surface area contributed by atoms with Gasteiger partial charge in [0.15, 0.2) is 0 Å². The summed E-state index contributed by atoms with van der Waals surface area (Å²) in [5, 5.41) is 9.29. The molecular formula is C15H20O. The van der Waals surface area contributed by atoms with E-state index in [2.05, 4.69) is 26.8 Å². The van der Waals surface area contributed by atoms with E-state index in [-0.39, 0.29) is 0 Å². The van der Waals surface area contributed by atoms with Gasteiger partial charge in [-0.25, -0.2) is 0 Å². The SMILES string of the molecule is CC1CC(c2ccc(O)cc2)=CC(C)(C)C1. The molecule has 1 atom stereocenters. The molecule has 1 aromatic carbocycles. The van der Waals surface area contributed by atoms with E-state index in [1.165, 1.54) is 17.6 Å². The smallest absolute Gasteiger partial charge is 0.115 e. The summed E-state index contributed by atoms with van der Waals surface area (Å²) in [5.74, 6) is 1.08. The average molecular weight is 216 g/mol. The fraction of sp³-hybridized carbons (Fsp3) is 0.467. The van der Waals surface area contributed by atoms with Crippen molar-refractivity contribution < 1.29 is 5.11 Å². The molecule has 2 rings (SSSR count). The zero-order valence-electron chi connectivity index (χ0n) is 10.3. The van der Waals surface area contributed by atoms with Gasteiger partial charge in [0.25, 0.3) is 0 Å². The highest BCUT2D eigenvalue weighted by Crippen LogP contribution is 2.40. The minimum atomic E-state index is 0.297. The van der Waals surface area contributed by atoms with Crippen molar-refractivity contribution >= 4 is 5.57 Å². The summed E-state index contributed by atoms with van der Waals surface area (Å²) in [6, 6.07) is 7.55. The highest BCUT2D eigenvalue weighted by Gasteiger charge is 2.25. The minimum absolute atomic E-state index is 0.297. The zero-order valence-corrected chi connectivity index (χ0v) is 10.3. The molecule has 0 aliphatic heterocycles. The molecule has 0 radical (unpaired) electrons. The van der Waals surface area contributed by atoms with E-state index < -0.39 is 0 Å². The Hall–Kier alpha value is -1.24. The molecule has 0 fully saturated rings. The Morgan fingerprint density at radius 3 is 2.38 bits per heavy atom. The average Bonchev–Trinajstić information content (AvgIpc) is 2.15. The van der Waals surface area contributed by atoms with Gasteiger partial charge in [-0.05, 0) is 47.4 Å². The molecule has 1 aliphatic carbocycles. The first-order valence-corrected chi connectivity index (χ1v) is 5.97. The van der Waals surface area contributed by atoms with Gasteiger partial charge in [0.2, 0.25) is 0 Å². The molecule has 0 aromatic heterocycles. The van der Waals surface area contributed by atoms with E-state index in [0.717, 1.165) is 12.3 Å². The highest BCUT2D eigenvalue weighted by atomic mass is 16.3. The second-order valence-electron chi connectivity index (χ2n) is 5.72. The van der Waals surface area contributed by atoms with Crippen molar-refractivity contribution in [3.63, 3.8) is 0 Å². The van der Waals surface area contributed by atoms with Gasteiger partial charge in [-0.1, -0.05) is 39.0 Å². The Bertz CT molecular complexity index is 398. The molecule has 0 amide bonds. The highest BCUT2D eigenvalue weighted by molar-refractivity contribution is 5.67. The number of hydrogen-bond donors (Lipinski definition) is 1. The fourth-order valence-corrected chi connectivity index (χ4v) is 2.81. The van der Waals surface area contributed by atoms with E-state index in [4.69, 9.17) is 0 Å². The van der Waals surface area contributed by atoms with Crippen LogP contribution in [-0.4, -0.2) is 5.11 Å². The molecule has 0 heterocycles. The molecule has 1 heteroatoms. The van der Waals surface area contributed by atoms with Crippen LogP contribution in [0.15, 0.2) is 30.3 Å². The van der Waals surface area contributed by atoms with Crippen LogP contribution in [0.5, 0.6) is 5.75 Å². The molecule has 1 aromatic rings. The van der Waals surface area contributed by atoms with E-state index in [0.29, 0.717) is 11.2 Å². The van der Waals surface area contributed by atoms with Crippen LogP contribution >= 0.6 is 0 Å². The van der Waals surface area contributed by atoms with Crippen LogP contribution in [0, 0.1) is 11.3 Å². The number of allylic oxidation sites excluding steroid dienone is 2. The van der Waals surface area contributed by atoms with Gasteiger partial charge in [-0.2, -0.15) is 0 Å². The molecule has 16 heavy (non-hydrogen) atoms. The lowest BCUT2D eigenvalue weighted by atomic mass is 9.73. The van der Waals surface area contributed by atoms with Gasteiger partial charge in [0, 0.05) is 0 Å². The van der Waals surface area contributed by atoms with Crippen LogP contribution in [0.1, 0.15) is 39.2 Å². The van der Waals surface area contributed by atoms with Crippen molar-refractivity contribution in [3.05, 3.63) is 35.9 Å². The van der Waals surface area contributed by atoms with Gasteiger partial charge >= 0.3 is 0 Å². The number of phenols is 1. The Kier molecular flexibility index (Phi) is 2.79. The number of hydrogen-bond acceptors (Lipinski definition) is 1. The second-order valence-corrected chi connectivity index (χ2v) is 5.72. The molecule has 1 N–H and O–H groups in total. The van der Waals surface area contributed by atoms with Crippen molar-refractivity contribution in [3.8, 4) is 5.75 Å². The van der Waals surface area contributed by atoms with Gasteiger partial charge in [0.05, 0.1) is 0 Å². The van der Waals surface area contributed by atoms with Crippen molar-refractivity contribution in [2.45, 2.75) is 33.6 Å². The summed E-state index contributed by atoms with van der Waals surface area (Å²) in [6.45, 7) is 6.90. The van der Waals surface area contributed by atoms with E-state index in [1.54, 1.807) is 12.1 Å². The molecule has 86 valence electrons. The molecule has 0 saturated carbocycles. The number of benzene rings is 1. The minimum Gasteiger partial charge on any atom is -0.508 e. The van der Waals surface area contributed by atoms with Gasteiger partial charge in [0.1, 0.15) is 5.75 Å². The third-order valence-electron chi connectivity index (χ3n) is 3.25. The maximum atomic E-state index is 9.29. The summed E-state index contributed by atoms with van der Waals surface area (Å²) in [5.41, 5.74) is 2.96. The fourth-order valence-electron chi connectivity index (χ4n) is 2.81. The van der Waals surface area contributed by atoms with Crippen LogP contribution in [-0.2, 0) is 0 Å². The third kappa shape index (κ3) is 2.46. The van der Waals surface area contributed by atoms with Crippen molar-refractivity contribution in [2.75, 3.05) is 0 Å². The molecule has 0 bridgehead atoms. The second kappa shape index (κ2) is 3.97. The normalized spacial score (nSPS) is 23.9. The first-order chi connectivity index (χ1) is 7.46. The zero-order chi connectivity index (χ0) is 11.8. The summed E-state index contributed by atoms with van der Waals surface area (Å²) >= 11 is 0. The number of phenolic OH excluding ortho intramolecular Hbond substituents is 1. The molecule has 1 nitrogen and oxygen atoms in total. The Balaban J connectivity index is 2.33. The van der Waals surface area contributed by atoms with E-state index in [9.17, 15) is 5.11 Å². The topological polar surface area (TPSA) is 20.2 Å². The Morgan fingerprint density at radius 2 is 1.81 bits per heavy atom. The molecule has 1 aliphatic rings. The number of rotatable bonds is 1. The maximum Gasteiger partial charge on any atom is 0.115 e. The standard InChI is InChI=1S/C15H20O/c1-11-8-13(10-15(2,3)9-11)12-4-6-14(16)7-5-12/h4-7,10-11,16H,8-9H2,1-3H3. The quantitative estimate of drug-likeness (QED) is 0.744. The Morgan fingerprint density at radius 1 is 1.19 bits per heavy atom. The van der Waals surface area contributed by atoms with Crippen LogP contribution in [0.3, 0.4) is 0 Å². The summed E-state index contributed by atoms with van der Waals surface area (Å²) < 4.78 is 0. The predicted molar refractivity (Wildman–Crippen MR) is 68.3 cm³/mol. The van der Waals surface area contributed by atoms with E-state index in [1.807, 2.05) is 12.1 Å². The number of aromatic hydroxyl groups is 1. The Labute approximate surface area is 97.8 Å². The summed E-state index contributed by atoms with van der Waals surface area (Å²) in [7, 11) is 0. The monoisotopic (exact) mass is 216 g/mol. The largest absolute Gasteiger partial charge is 0.508 e. The lowest BCUT2D eigenvalue weighted by Gasteiger charge is -2.32. The van der Waals surface area contributed by atoms with Crippen LogP contribution in [0.4, 0.5) is 0 Å². The lowest BCUT2D eigenvalue weighted by molar-refractivity contribution is 0.337. The van der Waals surface area contributed by atoms with Crippen molar-refractivity contribution in [1.29, 1.82) is 0 Å². The molecular weight excluding hydrogens is 196 g/mol. The van der Waals surface area contributed by atoms with Crippen LogP contribution in [0.2, 0.25) is 0 Å². The summed E-state index contributed by atoms with van der Waals surface area (Å²) in [4.78, 5) is 0. The maximum absolute atomic E-state index is 9.29. The van der Waals surface area contributed by atoms with Gasteiger partial charge in [-0.15, -0.1) is 0 Å². The van der Waals surface area contributed by atoms with Gasteiger partial charge < -0.3 is 5.11 Å². The van der Waals surface area contributed by atoms with E-state index >= 15 is 0 Å². The van der Waals surface area contributed by atoms with Crippen molar-refractivity contribution in [2.24, 2.45) is 11.3 Å². The first kappa shape index (κ1) is 11.3.